The van der Waals surface area contributed by atoms with Crippen LogP contribution >= 0.6 is 22.9 Å². The van der Waals surface area contributed by atoms with Crippen molar-refractivity contribution in [2.75, 3.05) is 13.2 Å². The zero-order valence-electron chi connectivity index (χ0n) is 9.23. The van der Waals surface area contributed by atoms with Crippen molar-refractivity contribution in [1.82, 2.24) is 9.88 Å². The normalized spacial score (nSPS) is 22.5. The van der Waals surface area contributed by atoms with Gasteiger partial charge in [0.15, 0.2) is 4.47 Å². The maximum absolute atomic E-state index is 9.05. The second-order valence-corrected chi connectivity index (χ2v) is 5.91. The van der Waals surface area contributed by atoms with Gasteiger partial charge in [-0.25, -0.2) is 4.98 Å². The molecule has 0 aromatic carbocycles. The molecule has 16 heavy (non-hydrogen) atoms. The minimum Gasteiger partial charge on any atom is -0.396 e. The largest absolute Gasteiger partial charge is 0.396 e. The lowest BCUT2D eigenvalue weighted by atomic mass is 10.00. The smallest absolute Gasteiger partial charge is 0.183 e. The molecule has 1 aromatic heterocycles. The van der Waals surface area contributed by atoms with Crippen LogP contribution in [0.2, 0.25) is 4.47 Å². The number of aromatic nitrogens is 1. The van der Waals surface area contributed by atoms with Gasteiger partial charge in [-0.1, -0.05) is 18.0 Å². The lowest BCUT2D eigenvalue weighted by molar-refractivity contribution is 0.113. The number of hydrogen-bond donors (Lipinski definition) is 1. The molecular weight excluding hydrogens is 244 g/mol. The van der Waals surface area contributed by atoms with Crippen LogP contribution < -0.4 is 0 Å². The lowest BCUT2D eigenvalue weighted by Crippen LogP contribution is -2.39. The van der Waals surface area contributed by atoms with Crippen LogP contribution in [0.1, 0.15) is 30.6 Å². The summed E-state index contributed by atoms with van der Waals surface area (Å²) in [5.74, 6) is 0. The molecule has 3 nitrogen and oxygen atoms in total. The van der Waals surface area contributed by atoms with Crippen molar-refractivity contribution < 1.29 is 5.11 Å². The minimum atomic E-state index is 0.282. The van der Waals surface area contributed by atoms with Crippen LogP contribution in [0.4, 0.5) is 0 Å². The molecule has 0 amide bonds. The van der Waals surface area contributed by atoms with Crippen molar-refractivity contribution in [3.8, 4) is 0 Å². The highest BCUT2D eigenvalue weighted by Gasteiger charge is 2.22. The van der Waals surface area contributed by atoms with Gasteiger partial charge in [-0.3, -0.25) is 4.90 Å². The van der Waals surface area contributed by atoms with Crippen molar-refractivity contribution in [1.29, 1.82) is 0 Å². The van der Waals surface area contributed by atoms with Crippen LogP contribution in [-0.4, -0.2) is 34.2 Å². The molecule has 0 aliphatic carbocycles. The Morgan fingerprint density at radius 2 is 2.44 bits per heavy atom. The van der Waals surface area contributed by atoms with Gasteiger partial charge in [0.1, 0.15) is 0 Å². The summed E-state index contributed by atoms with van der Waals surface area (Å²) in [6.07, 6.45) is 6.48. The third-order valence-electron chi connectivity index (χ3n) is 3.10. The SMILES string of the molecule is OCCC1CCCCN1Cc1cnc(Cl)s1. The molecule has 0 bridgehead atoms. The van der Waals surface area contributed by atoms with Gasteiger partial charge < -0.3 is 5.11 Å². The Balaban J connectivity index is 1.95. The quantitative estimate of drug-likeness (QED) is 0.904. The molecule has 2 heterocycles. The summed E-state index contributed by atoms with van der Waals surface area (Å²) < 4.78 is 0.616. The third kappa shape index (κ3) is 3.17. The second kappa shape index (κ2) is 5.96. The van der Waals surface area contributed by atoms with Crippen LogP contribution in [-0.2, 0) is 6.54 Å². The predicted octanol–water partition coefficient (Wildman–Crippen LogP) is 2.53. The van der Waals surface area contributed by atoms with E-state index in [4.69, 9.17) is 16.7 Å². The highest BCUT2D eigenvalue weighted by atomic mass is 35.5. The predicted molar refractivity (Wildman–Crippen MR) is 66.9 cm³/mol. The summed E-state index contributed by atoms with van der Waals surface area (Å²) in [6.45, 7) is 2.33. The van der Waals surface area contributed by atoms with E-state index in [1.54, 1.807) is 11.3 Å². The Labute approximate surface area is 105 Å². The average Bonchev–Trinajstić information content (AvgIpc) is 2.67. The van der Waals surface area contributed by atoms with E-state index in [1.807, 2.05) is 6.20 Å². The molecule has 1 unspecified atom stereocenters. The first-order chi connectivity index (χ1) is 7.79. The molecule has 1 fully saturated rings. The van der Waals surface area contributed by atoms with Gasteiger partial charge in [0.25, 0.3) is 0 Å². The van der Waals surface area contributed by atoms with Crippen molar-refractivity contribution >= 4 is 22.9 Å². The number of aliphatic hydroxyl groups excluding tert-OH is 1. The molecule has 1 aliphatic rings. The lowest BCUT2D eigenvalue weighted by Gasteiger charge is -2.35. The summed E-state index contributed by atoms with van der Waals surface area (Å²) in [5.41, 5.74) is 0. The molecule has 90 valence electrons. The number of likely N-dealkylation sites (tertiary alicyclic amines) is 1. The third-order valence-corrected chi connectivity index (χ3v) is 4.20. The van der Waals surface area contributed by atoms with Gasteiger partial charge in [-0.2, -0.15) is 0 Å². The summed E-state index contributed by atoms with van der Waals surface area (Å²) in [4.78, 5) is 7.73. The Morgan fingerprint density at radius 3 is 3.12 bits per heavy atom. The Bertz CT molecular complexity index is 330. The zero-order valence-corrected chi connectivity index (χ0v) is 10.8. The first-order valence-electron chi connectivity index (χ1n) is 5.74. The van der Waals surface area contributed by atoms with Crippen LogP contribution in [0.5, 0.6) is 0 Å². The van der Waals surface area contributed by atoms with E-state index in [0.717, 1.165) is 19.5 Å². The highest BCUT2D eigenvalue weighted by molar-refractivity contribution is 7.15. The highest BCUT2D eigenvalue weighted by Crippen LogP contribution is 2.25. The molecule has 1 aromatic rings. The maximum Gasteiger partial charge on any atom is 0.183 e. The van der Waals surface area contributed by atoms with E-state index in [2.05, 4.69) is 9.88 Å². The van der Waals surface area contributed by atoms with Crippen LogP contribution in [0, 0.1) is 0 Å². The molecule has 1 saturated heterocycles. The number of rotatable bonds is 4. The van der Waals surface area contributed by atoms with Gasteiger partial charge in [-0.15, -0.1) is 11.3 Å². The average molecular weight is 261 g/mol. The number of thiazole rings is 1. The van der Waals surface area contributed by atoms with Crippen molar-refractivity contribution in [2.24, 2.45) is 0 Å². The number of nitrogens with zero attached hydrogens (tertiary/aromatic N) is 2. The van der Waals surface area contributed by atoms with Gasteiger partial charge >= 0.3 is 0 Å². The van der Waals surface area contributed by atoms with E-state index < -0.39 is 0 Å². The van der Waals surface area contributed by atoms with Gasteiger partial charge in [0, 0.05) is 30.3 Å². The van der Waals surface area contributed by atoms with E-state index in [1.165, 1.54) is 24.1 Å². The summed E-state index contributed by atoms with van der Waals surface area (Å²) in [5, 5.41) is 9.05. The monoisotopic (exact) mass is 260 g/mol. The fourth-order valence-corrected chi connectivity index (χ4v) is 3.30. The summed E-state index contributed by atoms with van der Waals surface area (Å²) in [7, 11) is 0. The van der Waals surface area contributed by atoms with Gasteiger partial charge in [-0.05, 0) is 25.8 Å². The molecule has 1 aliphatic heterocycles. The van der Waals surface area contributed by atoms with E-state index in [-0.39, 0.29) is 6.61 Å². The van der Waals surface area contributed by atoms with Gasteiger partial charge in [0.05, 0.1) is 0 Å². The minimum absolute atomic E-state index is 0.282. The molecule has 5 heteroatoms. The summed E-state index contributed by atoms with van der Waals surface area (Å²) >= 11 is 7.38. The molecule has 0 saturated carbocycles. The van der Waals surface area contributed by atoms with Crippen LogP contribution in [0.3, 0.4) is 0 Å². The van der Waals surface area contributed by atoms with Crippen molar-refractivity contribution in [3.05, 3.63) is 15.5 Å². The van der Waals surface area contributed by atoms with E-state index in [9.17, 15) is 0 Å². The van der Waals surface area contributed by atoms with E-state index in [0.29, 0.717) is 10.5 Å². The number of aliphatic hydroxyl groups is 1. The molecule has 0 radical (unpaired) electrons. The molecule has 1 atom stereocenters. The van der Waals surface area contributed by atoms with Crippen LogP contribution in [0.15, 0.2) is 6.20 Å². The molecule has 2 rings (SSSR count). The van der Waals surface area contributed by atoms with Crippen molar-refractivity contribution in [2.45, 2.75) is 38.3 Å². The topological polar surface area (TPSA) is 36.4 Å². The first kappa shape index (κ1) is 12.3. The standard InChI is InChI=1S/C11H17ClN2OS/c12-11-13-7-10(16-11)8-14-5-2-1-3-9(14)4-6-15/h7,9,15H,1-6,8H2. The zero-order chi connectivity index (χ0) is 11.4. The summed E-state index contributed by atoms with van der Waals surface area (Å²) in [6, 6.07) is 0.527. The molecule has 1 N–H and O–H groups in total. The molecular formula is C11H17ClN2OS. The van der Waals surface area contributed by atoms with Crippen LogP contribution in [0.25, 0.3) is 0 Å². The first-order valence-corrected chi connectivity index (χ1v) is 6.94. The number of halogens is 1. The fraction of sp³-hybridized carbons (Fsp3) is 0.727. The fourth-order valence-electron chi connectivity index (χ4n) is 2.30. The number of piperidine rings is 1. The number of hydrogen-bond acceptors (Lipinski definition) is 4. The van der Waals surface area contributed by atoms with Crippen molar-refractivity contribution in [3.63, 3.8) is 0 Å². The van der Waals surface area contributed by atoms with Gasteiger partial charge in [0.2, 0.25) is 0 Å². The second-order valence-electron chi connectivity index (χ2n) is 4.21. The Morgan fingerprint density at radius 1 is 1.56 bits per heavy atom. The van der Waals surface area contributed by atoms with E-state index >= 15 is 0 Å². The molecule has 0 spiro atoms. The Kier molecular flexibility index (Phi) is 4.58. The Hall–Kier alpha value is -0.160. The maximum atomic E-state index is 9.05.